The van der Waals surface area contributed by atoms with Crippen molar-refractivity contribution in [1.82, 2.24) is 4.57 Å². The SMILES string of the molecule is c1ccc(-c2ccc(N(c3ccccc3-c3ccccc3)c3cccc4c3c3ccccc3n4-c3cccc(-c4cccc(-c5ccccc5)c4)c3)cc2)cc1. The highest BCUT2D eigenvalue weighted by molar-refractivity contribution is 6.17. The van der Waals surface area contributed by atoms with E-state index < -0.39 is 0 Å². The van der Waals surface area contributed by atoms with E-state index in [-0.39, 0.29) is 0 Å². The van der Waals surface area contributed by atoms with E-state index in [2.05, 4.69) is 240 Å². The summed E-state index contributed by atoms with van der Waals surface area (Å²) < 4.78 is 2.43. The molecule has 0 aliphatic rings. The van der Waals surface area contributed by atoms with E-state index in [9.17, 15) is 0 Å². The number of benzene rings is 9. The van der Waals surface area contributed by atoms with Crippen molar-refractivity contribution in [2.45, 2.75) is 0 Å². The van der Waals surface area contributed by atoms with Crippen LogP contribution in [0.25, 0.3) is 72.0 Å². The minimum atomic E-state index is 1.10. The van der Waals surface area contributed by atoms with Crippen LogP contribution in [0, 0.1) is 0 Å². The third kappa shape index (κ3) is 6.04. The Bertz CT molecular complexity index is 2940. The van der Waals surface area contributed by atoms with Crippen molar-refractivity contribution in [3.63, 3.8) is 0 Å². The maximum Gasteiger partial charge on any atom is 0.0562 e. The molecular formula is C54H38N2. The molecule has 1 heterocycles. The molecule has 0 radical (unpaired) electrons. The highest BCUT2D eigenvalue weighted by Gasteiger charge is 2.23. The lowest BCUT2D eigenvalue weighted by molar-refractivity contribution is 1.18. The third-order valence-electron chi connectivity index (χ3n) is 10.8. The monoisotopic (exact) mass is 714 g/mol. The van der Waals surface area contributed by atoms with Crippen molar-refractivity contribution in [2.75, 3.05) is 4.90 Å². The van der Waals surface area contributed by atoms with Crippen molar-refractivity contribution >= 4 is 38.9 Å². The summed E-state index contributed by atoms with van der Waals surface area (Å²) in [6.45, 7) is 0. The second-order valence-corrected chi connectivity index (χ2v) is 14.2. The average Bonchev–Trinajstić information content (AvgIpc) is 3.63. The lowest BCUT2D eigenvalue weighted by atomic mass is 9.99. The zero-order valence-electron chi connectivity index (χ0n) is 30.8. The molecule has 1 aromatic heterocycles. The summed E-state index contributed by atoms with van der Waals surface area (Å²) >= 11 is 0. The summed E-state index contributed by atoms with van der Waals surface area (Å²) in [4.78, 5) is 2.45. The number of aromatic nitrogens is 1. The molecule has 0 fully saturated rings. The smallest absolute Gasteiger partial charge is 0.0562 e. The van der Waals surface area contributed by atoms with Gasteiger partial charge in [0, 0.05) is 27.7 Å². The second-order valence-electron chi connectivity index (χ2n) is 14.2. The van der Waals surface area contributed by atoms with Gasteiger partial charge in [-0.25, -0.2) is 0 Å². The summed E-state index contributed by atoms with van der Waals surface area (Å²) in [5, 5.41) is 2.41. The quantitative estimate of drug-likeness (QED) is 0.152. The van der Waals surface area contributed by atoms with Crippen molar-refractivity contribution in [2.24, 2.45) is 0 Å². The van der Waals surface area contributed by atoms with Crippen molar-refractivity contribution in [1.29, 1.82) is 0 Å². The molecule has 2 nitrogen and oxygen atoms in total. The lowest BCUT2D eigenvalue weighted by Gasteiger charge is -2.29. The Hall–Kier alpha value is -7.42. The molecule has 0 spiro atoms. The Morgan fingerprint density at radius 3 is 1.52 bits per heavy atom. The Morgan fingerprint density at radius 2 is 0.786 bits per heavy atom. The maximum atomic E-state index is 2.45. The number of anilines is 3. The number of rotatable bonds is 8. The highest BCUT2D eigenvalue weighted by atomic mass is 15.1. The Kier molecular flexibility index (Phi) is 8.55. The molecule has 0 saturated heterocycles. The number of nitrogens with zero attached hydrogens (tertiary/aromatic N) is 2. The first-order valence-electron chi connectivity index (χ1n) is 19.2. The third-order valence-corrected chi connectivity index (χ3v) is 10.8. The first kappa shape index (κ1) is 33.2. The van der Waals surface area contributed by atoms with Crippen LogP contribution < -0.4 is 4.90 Å². The zero-order chi connectivity index (χ0) is 37.3. The van der Waals surface area contributed by atoms with Gasteiger partial charge in [-0.2, -0.15) is 0 Å². The fourth-order valence-corrected chi connectivity index (χ4v) is 8.17. The van der Waals surface area contributed by atoms with E-state index in [1.54, 1.807) is 0 Å². The van der Waals surface area contributed by atoms with Gasteiger partial charge in [0.1, 0.15) is 0 Å². The summed E-state index contributed by atoms with van der Waals surface area (Å²) in [6, 6.07) is 83.1. The Balaban J connectivity index is 1.18. The van der Waals surface area contributed by atoms with Crippen LogP contribution >= 0.6 is 0 Å². The van der Waals surface area contributed by atoms with Crippen LogP contribution in [-0.2, 0) is 0 Å². The largest absolute Gasteiger partial charge is 0.309 e. The van der Waals surface area contributed by atoms with Gasteiger partial charge in [0.25, 0.3) is 0 Å². The standard InChI is InChI=1S/C54H38N2/c1-4-17-39(18-5-1)41-33-35-46(36-34-41)55(50-29-12-10-27-48(50)42-21-8-3-9-22-42)52-31-16-32-53-54(52)49-28-11-13-30-51(49)56(53)47-26-15-25-45(38-47)44-24-14-23-43(37-44)40-19-6-2-7-20-40/h1-38H. The minimum Gasteiger partial charge on any atom is -0.309 e. The minimum absolute atomic E-state index is 1.10. The van der Waals surface area contributed by atoms with E-state index >= 15 is 0 Å². The van der Waals surface area contributed by atoms with Gasteiger partial charge in [-0.15, -0.1) is 0 Å². The van der Waals surface area contributed by atoms with Crippen LogP contribution in [0.4, 0.5) is 17.1 Å². The van der Waals surface area contributed by atoms with E-state index in [4.69, 9.17) is 0 Å². The molecule has 0 amide bonds. The molecule has 0 unspecified atom stereocenters. The normalized spacial score (nSPS) is 11.2. The van der Waals surface area contributed by atoms with Gasteiger partial charge in [0.2, 0.25) is 0 Å². The summed E-state index contributed by atoms with van der Waals surface area (Å²) in [6.07, 6.45) is 0. The van der Waals surface area contributed by atoms with Crippen LogP contribution in [0.1, 0.15) is 0 Å². The number of para-hydroxylation sites is 2. The highest BCUT2D eigenvalue weighted by Crippen LogP contribution is 2.46. The first-order valence-corrected chi connectivity index (χ1v) is 19.2. The number of hydrogen-bond donors (Lipinski definition) is 0. The average molecular weight is 715 g/mol. The lowest BCUT2D eigenvalue weighted by Crippen LogP contribution is -2.11. The van der Waals surface area contributed by atoms with E-state index in [0.29, 0.717) is 0 Å². The van der Waals surface area contributed by atoms with E-state index in [1.165, 1.54) is 60.8 Å². The van der Waals surface area contributed by atoms with Gasteiger partial charge in [-0.05, 0) is 93.5 Å². The van der Waals surface area contributed by atoms with E-state index in [0.717, 1.165) is 28.3 Å². The predicted molar refractivity (Wildman–Crippen MR) is 237 cm³/mol. The molecule has 56 heavy (non-hydrogen) atoms. The second kappa shape index (κ2) is 14.4. The topological polar surface area (TPSA) is 8.17 Å². The van der Waals surface area contributed by atoms with Gasteiger partial charge >= 0.3 is 0 Å². The van der Waals surface area contributed by atoms with Crippen molar-refractivity contribution in [3.8, 4) is 50.2 Å². The molecule has 2 heteroatoms. The van der Waals surface area contributed by atoms with Crippen LogP contribution in [0.15, 0.2) is 231 Å². The van der Waals surface area contributed by atoms with Crippen LogP contribution in [0.5, 0.6) is 0 Å². The molecule has 0 bridgehead atoms. The fraction of sp³-hybridized carbons (Fsp3) is 0. The molecule has 0 aliphatic carbocycles. The number of fused-ring (bicyclic) bond motifs is 3. The van der Waals surface area contributed by atoms with Crippen LogP contribution in [-0.4, -0.2) is 4.57 Å². The molecule has 264 valence electrons. The molecule has 10 aromatic rings. The first-order chi connectivity index (χ1) is 27.8. The van der Waals surface area contributed by atoms with Crippen LogP contribution in [0.3, 0.4) is 0 Å². The molecule has 0 saturated carbocycles. The van der Waals surface area contributed by atoms with Crippen molar-refractivity contribution < 1.29 is 0 Å². The Morgan fingerprint density at radius 1 is 0.304 bits per heavy atom. The van der Waals surface area contributed by atoms with Gasteiger partial charge in [0.05, 0.1) is 22.4 Å². The summed E-state index contributed by atoms with van der Waals surface area (Å²) in [7, 11) is 0. The van der Waals surface area contributed by atoms with E-state index in [1.807, 2.05) is 0 Å². The van der Waals surface area contributed by atoms with Crippen LogP contribution in [0.2, 0.25) is 0 Å². The number of hydrogen-bond acceptors (Lipinski definition) is 1. The Labute approximate surface area is 327 Å². The molecule has 9 aromatic carbocycles. The van der Waals surface area contributed by atoms with Gasteiger partial charge in [0.15, 0.2) is 0 Å². The molecular weight excluding hydrogens is 677 g/mol. The molecule has 0 atom stereocenters. The maximum absolute atomic E-state index is 2.45. The zero-order valence-corrected chi connectivity index (χ0v) is 30.8. The molecule has 0 N–H and O–H groups in total. The van der Waals surface area contributed by atoms with Gasteiger partial charge in [-0.3, -0.25) is 0 Å². The van der Waals surface area contributed by atoms with Gasteiger partial charge < -0.3 is 9.47 Å². The summed E-state index contributed by atoms with van der Waals surface area (Å²) in [5.41, 5.74) is 16.3. The molecule has 10 rings (SSSR count). The molecule has 0 aliphatic heterocycles. The van der Waals surface area contributed by atoms with Crippen molar-refractivity contribution in [3.05, 3.63) is 231 Å². The summed E-state index contributed by atoms with van der Waals surface area (Å²) in [5.74, 6) is 0. The predicted octanol–water partition coefficient (Wildman–Crippen LogP) is 14.9. The van der Waals surface area contributed by atoms with Gasteiger partial charge in [-0.1, -0.05) is 176 Å². The fourth-order valence-electron chi connectivity index (χ4n) is 8.17.